The first-order valence-corrected chi connectivity index (χ1v) is 8.03. The molecule has 0 spiro atoms. The van der Waals surface area contributed by atoms with E-state index in [1.165, 1.54) is 12.8 Å². The number of hydrogen-bond donors (Lipinski definition) is 1. The zero-order valence-electron chi connectivity index (χ0n) is 12.5. The molecule has 3 rings (SSSR count). The van der Waals surface area contributed by atoms with Crippen molar-refractivity contribution in [3.63, 3.8) is 0 Å². The smallest absolute Gasteiger partial charge is 0.320 e. The summed E-state index contributed by atoms with van der Waals surface area (Å²) in [7, 11) is 1.82. The molecule has 1 aliphatic carbocycles. The number of aliphatic carboxylic acids is 1. The van der Waals surface area contributed by atoms with Gasteiger partial charge in [0.1, 0.15) is 11.2 Å². The number of aryl methyl sites for hydroxylation is 2. The van der Waals surface area contributed by atoms with Gasteiger partial charge in [-0.1, -0.05) is 24.4 Å². The van der Waals surface area contributed by atoms with Gasteiger partial charge in [0, 0.05) is 25.2 Å². The number of carboxylic acid groups (broad SMARTS) is 1. The minimum Gasteiger partial charge on any atom is -0.480 e. The lowest BCUT2D eigenvalue weighted by molar-refractivity contribution is -0.142. The predicted molar refractivity (Wildman–Crippen MR) is 80.3 cm³/mol. The SMILES string of the molecule is Cc1nn(C)c(Cl)c1CN1C(C(=O)O)CC2CCCCC21. The number of halogens is 1. The monoisotopic (exact) mass is 311 g/mol. The highest BCUT2D eigenvalue weighted by Gasteiger charge is 2.45. The van der Waals surface area contributed by atoms with Crippen molar-refractivity contribution in [2.24, 2.45) is 13.0 Å². The highest BCUT2D eigenvalue weighted by molar-refractivity contribution is 6.30. The van der Waals surface area contributed by atoms with Crippen molar-refractivity contribution in [2.45, 2.75) is 57.7 Å². The van der Waals surface area contributed by atoms with Crippen LogP contribution in [0.2, 0.25) is 5.15 Å². The molecule has 1 saturated heterocycles. The maximum atomic E-state index is 11.6. The van der Waals surface area contributed by atoms with Crippen LogP contribution in [0.3, 0.4) is 0 Å². The number of likely N-dealkylation sites (tertiary alicyclic amines) is 1. The topological polar surface area (TPSA) is 58.4 Å². The first-order valence-electron chi connectivity index (χ1n) is 7.65. The van der Waals surface area contributed by atoms with Crippen LogP contribution in [0.5, 0.6) is 0 Å². The Kier molecular flexibility index (Phi) is 3.97. The maximum absolute atomic E-state index is 11.6. The highest BCUT2D eigenvalue weighted by Crippen LogP contribution is 2.41. The van der Waals surface area contributed by atoms with Crippen molar-refractivity contribution in [1.29, 1.82) is 0 Å². The second kappa shape index (κ2) is 5.61. The van der Waals surface area contributed by atoms with Gasteiger partial charge in [0.15, 0.2) is 0 Å². The van der Waals surface area contributed by atoms with Gasteiger partial charge >= 0.3 is 5.97 Å². The van der Waals surface area contributed by atoms with Crippen molar-refractivity contribution in [2.75, 3.05) is 0 Å². The van der Waals surface area contributed by atoms with Gasteiger partial charge in [-0.05, 0) is 32.1 Å². The number of aromatic nitrogens is 2. The lowest BCUT2D eigenvalue weighted by Crippen LogP contribution is -2.41. The molecule has 2 heterocycles. The van der Waals surface area contributed by atoms with Crippen LogP contribution in [0.15, 0.2) is 0 Å². The van der Waals surface area contributed by atoms with Crippen LogP contribution in [0.25, 0.3) is 0 Å². The average molecular weight is 312 g/mol. The van der Waals surface area contributed by atoms with Crippen molar-refractivity contribution < 1.29 is 9.90 Å². The fraction of sp³-hybridized carbons (Fsp3) is 0.733. The van der Waals surface area contributed by atoms with Gasteiger partial charge in [-0.2, -0.15) is 5.10 Å². The Balaban J connectivity index is 1.88. The third-order valence-electron chi connectivity index (χ3n) is 5.12. The van der Waals surface area contributed by atoms with Gasteiger partial charge in [0.25, 0.3) is 0 Å². The van der Waals surface area contributed by atoms with Crippen LogP contribution in [-0.2, 0) is 18.4 Å². The summed E-state index contributed by atoms with van der Waals surface area (Å²) < 4.78 is 1.66. The Morgan fingerprint density at radius 2 is 2.14 bits per heavy atom. The third-order valence-corrected chi connectivity index (χ3v) is 5.59. The van der Waals surface area contributed by atoms with Crippen LogP contribution < -0.4 is 0 Å². The van der Waals surface area contributed by atoms with Crippen LogP contribution in [0.1, 0.15) is 43.4 Å². The molecule has 5 nitrogen and oxygen atoms in total. The summed E-state index contributed by atoms with van der Waals surface area (Å²) >= 11 is 6.32. The third kappa shape index (κ3) is 2.57. The van der Waals surface area contributed by atoms with Crippen molar-refractivity contribution >= 4 is 17.6 Å². The minimum absolute atomic E-state index is 0.381. The van der Waals surface area contributed by atoms with Gasteiger partial charge in [-0.25, -0.2) is 0 Å². The molecule has 3 unspecified atom stereocenters. The first kappa shape index (κ1) is 14.9. The van der Waals surface area contributed by atoms with E-state index in [4.69, 9.17) is 11.6 Å². The number of carbonyl (C=O) groups is 1. The number of hydrogen-bond acceptors (Lipinski definition) is 3. The number of fused-ring (bicyclic) bond motifs is 1. The number of carboxylic acids is 1. The molecule has 2 aliphatic rings. The van der Waals surface area contributed by atoms with Crippen molar-refractivity contribution in [3.05, 3.63) is 16.4 Å². The Morgan fingerprint density at radius 1 is 1.43 bits per heavy atom. The fourth-order valence-electron chi connectivity index (χ4n) is 4.06. The molecule has 1 N–H and O–H groups in total. The fourth-order valence-corrected chi connectivity index (χ4v) is 4.29. The molecule has 1 saturated carbocycles. The summed E-state index contributed by atoms with van der Waals surface area (Å²) in [5, 5.41) is 14.5. The van der Waals surface area contributed by atoms with Crippen molar-refractivity contribution in [3.8, 4) is 0 Å². The van der Waals surface area contributed by atoms with Crippen LogP contribution in [-0.4, -0.2) is 37.8 Å². The molecule has 0 bridgehead atoms. The molecule has 3 atom stereocenters. The van der Waals surface area contributed by atoms with E-state index in [0.717, 1.165) is 30.5 Å². The summed E-state index contributed by atoms with van der Waals surface area (Å²) in [6.45, 7) is 2.53. The summed E-state index contributed by atoms with van der Waals surface area (Å²) in [6, 6.07) is 0.00398. The minimum atomic E-state index is -0.706. The Bertz CT molecular complexity index is 557. The van der Waals surface area contributed by atoms with E-state index in [-0.39, 0.29) is 6.04 Å². The van der Waals surface area contributed by atoms with Crippen LogP contribution in [0, 0.1) is 12.8 Å². The second-order valence-electron chi connectivity index (χ2n) is 6.35. The molecule has 116 valence electrons. The molecule has 0 amide bonds. The molecular formula is C15H22ClN3O2. The van der Waals surface area contributed by atoms with Crippen LogP contribution >= 0.6 is 11.6 Å². The van der Waals surface area contributed by atoms with Gasteiger partial charge < -0.3 is 5.11 Å². The first-order chi connectivity index (χ1) is 9.99. The maximum Gasteiger partial charge on any atom is 0.320 e. The zero-order chi connectivity index (χ0) is 15.1. The summed E-state index contributed by atoms with van der Waals surface area (Å²) in [5.41, 5.74) is 1.86. The van der Waals surface area contributed by atoms with Gasteiger partial charge in [-0.3, -0.25) is 14.4 Å². The molecule has 0 radical (unpaired) electrons. The predicted octanol–water partition coefficient (Wildman–Crippen LogP) is 2.60. The van der Waals surface area contributed by atoms with E-state index in [2.05, 4.69) is 10.00 Å². The molecule has 0 aromatic carbocycles. The van der Waals surface area contributed by atoms with E-state index in [1.54, 1.807) is 4.68 Å². The Labute approximate surface area is 129 Å². The lowest BCUT2D eigenvalue weighted by Gasteiger charge is -2.32. The quantitative estimate of drug-likeness (QED) is 0.932. The number of rotatable bonds is 3. The number of nitrogens with zero attached hydrogens (tertiary/aromatic N) is 3. The van der Waals surface area contributed by atoms with E-state index in [1.807, 2.05) is 14.0 Å². The standard InChI is InChI=1S/C15H22ClN3O2/c1-9-11(14(16)18(2)17-9)8-19-12-6-4-3-5-10(12)7-13(19)15(20)21/h10,12-13H,3-8H2,1-2H3,(H,20,21). The molecule has 6 heteroatoms. The molecular weight excluding hydrogens is 290 g/mol. The second-order valence-corrected chi connectivity index (χ2v) is 6.71. The largest absolute Gasteiger partial charge is 0.480 e. The van der Waals surface area contributed by atoms with E-state index < -0.39 is 5.97 Å². The molecule has 1 aromatic heterocycles. The van der Waals surface area contributed by atoms with Crippen LogP contribution in [0.4, 0.5) is 0 Å². The lowest BCUT2D eigenvalue weighted by atomic mass is 9.84. The van der Waals surface area contributed by atoms with Gasteiger partial charge in [0.2, 0.25) is 0 Å². The zero-order valence-corrected chi connectivity index (χ0v) is 13.3. The normalized spacial score (nSPS) is 29.6. The van der Waals surface area contributed by atoms with E-state index >= 15 is 0 Å². The van der Waals surface area contributed by atoms with Gasteiger partial charge in [-0.15, -0.1) is 0 Å². The summed E-state index contributed by atoms with van der Waals surface area (Å²) in [5.74, 6) is -0.183. The van der Waals surface area contributed by atoms with E-state index in [9.17, 15) is 9.90 Å². The van der Waals surface area contributed by atoms with Gasteiger partial charge in [0.05, 0.1) is 5.69 Å². The summed E-state index contributed by atoms with van der Waals surface area (Å²) in [6.07, 6.45) is 5.46. The molecule has 2 fully saturated rings. The Morgan fingerprint density at radius 3 is 2.76 bits per heavy atom. The summed E-state index contributed by atoms with van der Waals surface area (Å²) in [4.78, 5) is 13.8. The molecule has 1 aliphatic heterocycles. The molecule has 21 heavy (non-hydrogen) atoms. The van der Waals surface area contributed by atoms with E-state index in [0.29, 0.717) is 23.7 Å². The Hall–Kier alpha value is -1.07. The average Bonchev–Trinajstić information content (AvgIpc) is 2.93. The van der Waals surface area contributed by atoms with Crippen molar-refractivity contribution in [1.82, 2.24) is 14.7 Å². The highest BCUT2D eigenvalue weighted by atomic mass is 35.5. The molecule has 1 aromatic rings.